The summed E-state index contributed by atoms with van der Waals surface area (Å²) < 4.78 is 0.875. The van der Waals surface area contributed by atoms with Crippen molar-refractivity contribution in [1.82, 2.24) is 5.43 Å². The Balaban J connectivity index is 2.06. The molecule has 0 saturated carbocycles. The van der Waals surface area contributed by atoms with Crippen molar-refractivity contribution in [2.75, 3.05) is 0 Å². The number of hydrogen-bond donors (Lipinski definition) is 1. The van der Waals surface area contributed by atoms with Gasteiger partial charge in [-0.2, -0.15) is 5.10 Å². The molecule has 0 aliphatic heterocycles. The Kier molecular flexibility index (Phi) is 5.39. The number of amides is 1. The first-order valence-electron chi connectivity index (χ1n) is 6.02. The number of nitrogens with one attached hydrogen (secondary N) is 1. The van der Waals surface area contributed by atoms with Crippen LogP contribution < -0.4 is 5.43 Å². The minimum atomic E-state index is -0.294. The van der Waals surface area contributed by atoms with Crippen LogP contribution in [0, 0.1) is 6.92 Å². The van der Waals surface area contributed by atoms with Crippen molar-refractivity contribution in [2.24, 2.45) is 5.10 Å². The van der Waals surface area contributed by atoms with Crippen LogP contribution in [-0.4, -0.2) is 12.1 Å². The van der Waals surface area contributed by atoms with Crippen LogP contribution in [-0.2, 0) is 0 Å². The van der Waals surface area contributed by atoms with Gasteiger partial charge in [-0.1, -0.05) is 51.3 Å². The second-order valence-electron chi connectivity index (χ2n) is 4.33. The molecule has 0 fully saturated rings. The van der Waals surface area contributed by atoms with Crippen molar-refractivity contribution in [1.29, 1.82) is 0 Å². The fourth-order valence-electron chi connectivity index (χ4n) is 1.57. The lowest BCUT2D eigenvalue weighted by molar-refractivity contribution is 0.0955. The third-order valence-corrected chi connectivity index (χ3v) is 4.18. The number of hydrazone groups is 1. The van der Waals surface area contributed by atoms with Gasteiger partial charge in [0.15, 0.2) is 0 Å². The molecule has 0 radical (unpaired) electrons. The van der Waals surface area contributed by atoms with Crippen LogP contribution in [0.1, 0.15) is 21.5 Å². The second-order valence-corrected chi connectivity index (χ2v) is 6.03. The molecular formula is C15H11BrCl2N2O. The zero-order chi connectivity index (χ0) is 15.4. The molecule has 0 saturated heterocycles. The first-order chi connectivity index (χ1) is 9.97. The number of carbonyl (C=O) groups is 1. The average molecular weight is 386 g/mol. The summed E-state index contributed by atoms with van der Waals surface area (Å²) >= 11 is 15.2. The van der Waals surface area contributed by atoms with Gasteiger partial charge in [0.2, 0.25) is 0 Å². The second kappa shape index (κ2) is 7.07. The summed E-state index contributed by atoms with van der Waals surface area (Å²) in [5.41, 5.74) is 4.71. The fraction of sp³-hybridized carbons (Fsp3) is 0.0667. The van der Waals surface area contributed by atoms with E-state index >= 15 is 0 Å². The van der Waals surface area contributed by atoms with Gasteiger partial charge in [-0.25, -0.2) is 5.43 Å². The Hall–Kier alpha value is -1.36. The summed E-state index contributed by atoms with van der Waals surface area (Å²) in [6.07, 6.45) is 1.47. The van der Waals surface area contributed by atoms with Gasteiger partial charge in [0.25, 0.3) is 5.91 Å². The lowest BCUT2D eigenvalue weighted by atomic mass is 10.1. The molecular weight excluding hydrogens is 375 g/mol. The van der Waals surface area contributed by atoms with Crippen LogP contribution in [0.2, 0.25) is 10.0 Å². The molecule has 1 amide bonds. The highest BCUT2D eigenvalue weighted by atomic mass is 79.9. The number of nitrogens with zero attached hydrogens (tertiary/aromatic N) is 1. The molecule has 0 aromatic heterocycles. The zero-order valence-corrected chi connectivity index (χ0v) is 14.1. The lowest BCUT2D eigenvalue weighted by Gasteiger charge is -2.03. The van der Waals surface area contributed by atoms with Crippen molar-refractivity contribution < 1.29 is 4.79 Å². The molecule has 2 aromatic rings. The van der Waals surface area contributed by atoms with Gasteiger partial charge >= 0.3 is 0 Å². The topological polar surface area (TPSA) is 41.5 Å². The van der Waals surface area contributed by atoms with E-state index in [-0.39, 0.29) is 5.91 Å². The number of hydrogen-bond acceptors (Lipinski definition) is 2. The van der Waals surface area contributed by atoms with E-state index in [1.54, 1.807) is 30.3 Å². The quantitative estimate of drug-likeness (QED) is 0.596. The Morgan fingerprint density at radius 3 is 2.67 bits per heavy atom. The molecule has 1 N–H and O–H groups in total. The van der Waals surface area contributed by atoms with Crippen LogP contribution in [0.5, 0.6) is 0 Å². The lowest BCUT2D eigenvalue weighted by Crippen LogP contribution is -2.17. The van der Waals surface area contributed by atoms with E-state index in [4.69, 9.17) is 23.2 Å². The van der Waals surface area contributed by atoms with Crippen molar-refractivity contribution in [3.8, 4) is 0 Å². The Labute approximate surface area is 141 Å². The monoisotopic (exact) mass is 384 g/mol. The maximum absolute atomic E-state index is 11.9. The van der Waals surface area contributed by atoms with Gasteiger partial charge in [0.05, 0.1) is 11.2 Å². The first kappa shape index (κ1) is 16.0. The Bertz CT molecular complexity index is 717. The first-order valence-corrected chi connectivity index (χ1v) is 7.57. The molecule has 6 heteroatoms. The van der Waals surface area contributed by atoms with Crippen LogP contribution in [0.25, 0.3) is 0 Å². The molecule has 0 spiro atoms. The molecule has 21 heavy (non-hydrogen) atoms. The van der Waals surface area contributed by atoms with E-state index in [1.807, 2.05) is 13.0 Å². The maximum atomic E-state index is 11.9. The third kappa shape index (κ3) is 4.30. The van der Waals surface area contributed by atoms with E-state index in [0.29, 0.717) is 21.2 Å². The third-order valence-electron chi connectivity index (χ3n) is 2.77. The molecule has 0 aliphatic carbocycles. The highest BCUT2D eigenvalue weighted by molar-refractivity contribution is 9.10. The van der Waals surface area contributed by atoms with Crippen LogP contribution in [0.4, 0.5) is 0 Å². The molecule has 0 unspecified atom stereocenters. The van der Waals surface area contributed by atoms with Gasteiger partial charge in [-0.15, -0.1) is 0 Å². The summed E-state index contributed by atoms with van der Waals surface area (Å²) in [5.74, 6) is -0.294. The summed E-state index contributed by atoms with van der Waals surface area (Å²) in [6.45, 7) is 1.95. The molecule has 108 valence electrons. The number of carbonyl (C=O) groups excluding carboxylic acids is 1. The fourth-order valence-corrected chi connectivity index (χ4v) is 2.40. The number of aryl methyl sites for hydroxylation is 1. The minimum Gasteiger partial charge on any atom is -0.267 e. The molecule has 0 bridgehead atoms. The largest absolute Gasteiger partial charge is 0.271 e. The van der Waals surface area contributed by atoms with E-state index in [0.717, 1.165) is 10.0 Å². The summed E-state index contributed by atoms with van der Waals surface area (Å²) in [7, 11) is 0. The van der Waals surface area contributed by atoms with Gasteiger partial charge in [0, 0.05) is 20.6 Å². The van der Waals surface area contributed by atoms with Gasteiger partial charge in [-0.3, -0.25) is 4.79 Å². The number of halogens is 3. The Morgan fingerprint density at radius 2 is 2.00 bits per heavy atom. The average Bonchev–Trinajstić information content (AvgIpc) is 2.44. The van der Waals surface area contributed by atoms with Crippen LogP contribution in [0.3, 0.4) is 0 Å². The molecule has 2 aromatic carbocycles. The van der Waals surface area contributed by atoms with E-state index < -0.39 is 0 Å². The summed E-state index contributed by atoms with van der Waals surface area (Å²) in [4.78, 5) is 11.9. The highest BCUT2D eigenvalue weighted by Crippen LogP contribution is 2.19. The van der Waals surface area contributed by atoms with Gasteiger partial charge < -0.3 is 0 Å². The molecule has 2 rings (SSSR count). The maximum Gasteiger partial charge on any atom is 0.271 e. The van der Waals surface area contributed by atoms with Crippen molar-refractivity contribution in [2.45, 2.75) is 6.92 Å². The summed E-state index contributed by atoms with van der Waals surface area (Å²) in [5, 5.41) is 4.91. The van der Waals surface area contributed by atoms with E-state index in [2.05, 4.69) is 26.5 Å². The predicted molar refractivity (Wildman–Crippen MR) is 90.4 cm³/mol. The van der Waals surface area contributed by atoms with Crippen LogP contribution >= 0.6 is 39.1 Å². The van der Waals surface area contributed by atoms with Crippen molar-refractivity contribution >= 4 is 51.3 Å². The predicted octanol–water partition coefficient (Wildman–Crippen LogP) is 4.83. The minimum absolute atomic E-state index is 0.294. The number of rotatable bonds is 3. The highest BCUT2D eigenvalue weighted by Gasteiger charge is 2.06. The van der Waals surface area contributed by atoms with Crippen molar-refractivity contribution in [3.05, 3.63) is 67.6 Å². The zero-order valence-electron chi connectivity index (χ0n) is 11.0. The SMILES string of the molecule is Cc1ccc(C(=O)NN=Cc2ccc(Cl)cc2Cl)cc1Br. The molecule has 0 heterocycles. The molecule has 0 atom stereocenters. The number of benzene rings is 2. The normalized spacial score (nSPS) is 10.9. The smallest absolute Gasteiger partial charge is 0.267 e. The van der Waals surface area contributed by atoms with E-state index in [9.17, 15) is 4.79 Å². The molecule has 3 nitrogen and oxygen atoms in total. The van der Waals surface area contributed by atoms with Gasteiger partial charge in [0.1, 0.15) is 0 Å². The van der Waals surface area contributed by atoms with Crippen molar-refractivity contribution in [3.63, 3.8) is 0 Å². The standard InChI is InChI=1S/C15H11BrCl2N2O/c1-9-2-3-10(6-13(9)16)15(21)20-19-8-11-4-5-12(17)7-14(11)18/h2-8H,1H3,(H,20,21). The van der Waals surface area contributed by atoms with Gasteiger partial charge in [-0.05, 0) is 36.8 Å². The molecule has 0 aliphatic rings. The summed E-state index contributed by atoms with van der Waals surface area (Å²) in [6, 6.07) is 10.4. The van der Waals surface area contributed by atoms with E-state index in [1.165, 1.54) is 6.21 Å². The van der Waals surface area contributed by atoms with Crippen LogP contribution in [0.15, 0.2) is 46.0 Å². The Morgan fingerprint density at radius 1 is 1.24 bits per heavy atom.